The van der Waals surface area contributed by atoms with Gasteiger partial charge in [0.15, 0.2) is 0 Å². The lowest BCUT2D eigenvalue weighted by atomic mass is 10.0. The topological polar surface area (TPSA) is 58.6 Å². The first-order chi connectivity index (χ1) is 15.1. The zero-order valence-corrected chi connectivity index (χ0v) is 18.1. The molecule has 1 N–H and O–H groups in total. The molecule has 2 amide bonds. The third kappa shape index (κ3) is 6.09. The molecule has 1 aliphatic heterocycles. The largest absolute Gasteiger partial charge is 0.416 e. The van der Waals surface area contributed by atoms with Gasteiger partial charge < -0.3 is 15.0 Å². The predicted molar refractivity (Wildman–Crippen MR) is 114 cm³/mol. The summed E-state index contributed by atoms with van der Waals surface area (Å²) in [5.41, 5.74) is -0.000417. The van der Waals surface area contributed by atoms with Crippen LogP contribution in [0.3, 0.4) is 0 Å². The van der Waals surface area contributed by atoms with Crippen molar-refractivity contribution in [3.63, 3.8) is 0 Å². The fourth-order valence-electron chi connectivity index (χ4n) is 3.85. The number of carbonyl (C=O) groups excluding carboxylic acids is 2. The molecule has 8 heteroatoms. The van der Waals surface area contributed by atoms with Crippen LogP contribution in [0.25, 0.3) is 0 Å². The van der Waals surface area contributed by atoms with Crippen molar-refractivity contribution >= 4 is 11.8 Å². The van der Waals surface area contributed by atoms with E-state index in [0.29, 0.717) is 19.6 Å². The molecule has 2 aromatic carbocycles. The summed E-state index contributed by atoms with van der Waals surface area (Å²) in [7, 11) is 0. The molecule has 32 heavy (non-hydrogen) atoms. The van der Waals surface area contributed by atoms with Gasteiger partial charge in [0.2, 0.25) is 5.91 Å². The fraction of sp³-hybridized carbons (Fsp3) is 0.417. The lowest BCUT2D eigenvalue weighted by molar-refractivity contribution is -0.137. The Hall–Kier alpha value is -2.87. The summed E-state index contributed by atoms with van der Waals surface area (Å²) in [5, 5.41) is 2.45. The SMILES string of the molecule is CC(C)C1CC(OCc2ccccc2)CN1C(=O)CNC(=O)c1cccc(C(F)(F)F)c1. The number of hydrogen-bond acceptors (Lipinski definition) is 3. The van der Waals surface area contributed by atoms with Gasteiger partial charge in [-0.25, -0.2) is 0 Å². The standard InChI is InChI=1S/C24H27F3N2O3/c1-16(2)21-12-20(32-15-17-7-4-3-5-8-17)14-29(21)22(30)13-28-23(31)18-9-6-10-19(11-18)24(25,26)27/h3-11,16,20-21H,12-15H2,1-2H3,(H,28,31). The number of likely N-dealkylation sites (tertiary alicyclic amines) is 1. The van der Waals surface area contributed by atoms with E-state index in [2.05, 4.69) is 5.32 Å². The van der Waals surface area contributed by atoms with E-state index in [0.717, 1.165) is 17.7 Å². The highest BCUT2D eigenvalue weighted by atomic mass is 19.4. The summed E-state index contributed by atoms with van der Waals surface area (Å²) in [4.78, 5) is 26.8. The van der Waals surface area contributed by atoms with Crippen LogP contribution in [-0.2, 0) is 22.3 Å². The van der Waals surface area contributed by atoms with Crippen LogP contribution in [0.1, 0.15) is 41.8 Å². The van der Waals surface area contributed by atoms with Crippen molar-refractivity contribution < 1.29 is 27.5 Å². The van der Waals surface area contributed by atoms with Gasteiger partial charge in [-0.1, -0.05) is 50.2 Å². The Bertz CT molecular complexity index is 932. The molecule has 3 rings (SSSR count). The maximum atomic E-state index is 12.9. The molecule has 0 bridgehead atoms. The van der Waals surface area contributed by atoms with Crippen molar-refractivity contribution in [1.82, 2.24) is 10.2 Å². The Morgan fingerprint density at radius 3 is 2.50 bits per heavy atom. The Kier molecular flexibility index (Phi) is 7.56. The fourth-order valence-corrected chi connectivity index (χ4v) is 3.85. The molecule has 0 radical (unpaired) electrons. The highest BCUT2D eigenvalue weighted by Gasteiger charge is 2.37. The lowest BCUT2D eigenvalue weighted by Crippen LogP contribution is -2.44. The van der Waals surface area contributed by atoms with E-state index in [4.69, 9.17) is 4.74 Å². The van der Waals surface area contributed by atoms with Crippen molar-refractivity contribution in [2.24, 2.45) is 5.92 Å². The van der Waals surface area contributed by atoms with Gasteiger partial charge in [-0.2, -0.15) is 13.2 Å². The number of ether oxygens (including phenoxy) is 1. The number of benzene rings is 2. The molecule has 172 valence electrons. The molecule has 0 aliphatic carbocycles. The second kappa shape index (κ2) is 10.2. The summed E-state index contributed by atoms with van der Waals surface area (Å²) in [6.45, 7) is 4.61. The van der Waals surface area contributed by atoms with E-state index in [9.17, 15) is 22.8 Å². The number of carbonyl (C=O) groups is 2. The molecule has 0 saturated carbocycles. The van der Waals surface area contributed by atoms with Gasteiger partial charge in [0.1, 0.15) is 0 Å². The van der Waals surface area contributed by atoms with Gasteiger partial charge in [0, 0.05) is 18.2 Å². The number of alkyl halides is 3. The normalized spacial score (nSPS) is 18.8. The number of hydrogen-bond donors (Lipinski definition) is 1. The number of rotatable bonds is 7. The van der Waals surface area contributed by atoms with Gasteiger partial charge in [-0.15, -0.1) is 0 Å². The molecule has 2 unspecified atom stereocenters. The van der Waals surface area contributed by atoms with Crippen LogP contribution >= 0.6 is 0 Å². The Labute approximate surface area is 185 Å². The van der Waals surface area contributed by atoms with Crippen molar-refractivity contribution in [1.29, 1.82) is 0 Å². The molecule has 1 aliphatic rings. The maximum absolute atomic E-state index is 12.9. The van der Waals surface area contributed by atoms with Crippen molar-refractivity contribution in [2.45, 2.75) is 45.2 Å². The van der Waals surface area contributed by atoms with Gasteiger partial charge in [0.05, 0.1) is 24.8 Å². The number of amides is 2. The molecular weight excluding hydrogens is 421 g/mol. The first-order valence-corrected chi connectivity index (χ1v) is 10.6. The van der Waals surface area contributed by atoms with Crippen LogP contribution in [0.2, 0.25) is 0 Å². The summed E-state index contributed by atoms with van der Waals surface area (Å²) < 4.78 is 44.6. The van der Waals surface area contributed by atoms with E-state index in [1.54, 1.807) is 4.90 Å². The molecule has 0 aromatic heterocycles. The Morgan fingerprint density at radius 1 is 1.12 bits per heavy atom. The average Bonchev–Trinajstić information content (AvgIpc) is 3.21. The molecule has 1 heterocycles. The zero-order valence-electron chi connectivity index (χ0n) is 18.1. The van der Waals surface area contributed by atoms with E-state index in [1.165, 1.54) is 12.1 Å². The minimum atomic E-state index is -4.54. The van der Waals surface area contributed by atoms with E-state index in [1.807, 2.05) is 44.2 Å². The van der Waals surface area contributed by atoms with Crippen molar-refractivity contribution in [3.05, 3.63) is 71.3 Å². The summed E-state index contributed by atoms with van der Waals surface area (Å²) >= 11 is 0. The first kappa shape index (κ1) is 23.8. The van der Waals surface area contributed by atoms with Crippen molar-refractivity contribution in [2.75, 3.05) is 13.1 Å². The average molecular weight is 448 g/mol. The van der Waals surface area contributed by atoms with Gasteiger partial charge in [-0.3, -0.25) is 9.59 Å². The van der Waals surface area contributed by atoms with Gasteiger partial charge >= 0.3 is 6.18 Å². The summed E-state index contributed by atoms with van der Waals surface area (Å²) in [6, 6.07) is 13.9. The molecule has 2 atom stereocenters. The lowest BCUT2D eigenvalue weighted by Gasteiger charge is -2.27. The Morgan fingerprint density at radius 2 is 1.84 bits per heavy atom. The summed E-state index contributed by atoms with van der Waals surface area (Å²) in [5.74, 6) is -0.806. The third-order valence-electron chi connectivity index (χ3n) is 5.58. The summed E-state index contributed by atoms with van der Waals surface area (Å²) in [6.07, 6.45) is -3.97. The van der Waals surface area contributed by atoms with E-state index >= 15 is 0 Å². The predicted octanol–water partition coefficient (Wildman–Crippen LogP) is 4.28. The van der Waals surface area contributed by atoms with E-state index < -0.39 is 17.6 Å². The van der Waals surface area contributed by atoms with Crippen LogP contribution in [0.4, 0.5) is 13.2 Å². The highest BCUT2D eigenvalue weighted by Crippen LogP contribution is 2.30. The highest BCUT2D eigenvalue weighted by molar-refractivity contribution is 5.96. The Balaban J connectivity index is 1.57. The van der Waals surface area contributed by atoms with Crippen molar-refractivity contribution in [3.8, 4) is 0 Å². The number of nitrogens with one attached hydrogen (secondary N) is 1. The van der Waals surface area contributed by atoms with E-state index in [-0.39, 0.29) is 36.1 Å². The van der Waals surface area contributed by atoms with Crippen LogP contribution < -0.4 is 5.32 Å². The van der Waals surface area contributed by atoms with Gasteiger partial charge in [0.25, 0.3) is 5.91 Å². The maximum Gasteiger partial charge on any atom is 0.416 e. The monoisotopic (exact) mass is 448 g/mol. The van der Waals surface area contributed by atoms with Crippen LogP contribution in [0.5, 0.6) is 0 Å². The third-order valence-corrected chi connectivity index (χ3v) is 5.58. The molecule has 5 nitrogen and oxygen atoms in total. The molecule has 0 spiro atoms. The van der Waals surface area contributed by atoms with Crippen LogP contribution in [0, 0.1) is 5.92 Å². The minimum Gasteiger partial charge on any atom is -0.372 e. The molecule has 2 aromatic rings. The second-order valence-electron chi connectivity index (χ2n) is 8.27. The smallest absolute Gasteiger partial charge is 0.372 e. The first-order valence-electron chi connectivity index (χ1n) is 10.6. The van der Waals surface area contributed by atoms with Gasteiger partial charge in [-0.05, 0) is 36.1 Å². The number of nitrogens with zero attached hydrogens (tertiary/aromatic N) is 1. The molecule has 1 fully saturated rings. The van der Waals surface area contributed by atoms with Crippen LogP contribution in [0.15, 0.2) is 54.6 Å². The quantitative estimate of drug-likeness (QED) is 0.688. The minimum absolute atomic E-state index is 0.0336. The molecular formula is C24H27F3N2O3. The second-order valence-corrected chi connectivity index (χ2v) is 8.27. The zero-order chi connectivity index (χ0) is 23.3. The van der Waals surface area contributed by atoms with Crippen LogP contribution in [-0.4, -0.2) is 41.9 Å². The number of halogens is 3. The molecule has 1 saturated heterocycles.